The van der Waals surface area contributed by atoms with E-state index in [1.807, 2.05) is 0 Å². The van der Waals surface area contributed by atoms with Crippen LogP contribution >= 0.6 is 11.5 Å². The third-order valence-corrected chi connectivity index (χ3v) is 1.51. The van der Waals surface area contributed by atoms with Crippen molar-refractivity contribution >= 4 is 23.4 Å². The first-order valence-corrected chi connectivity index (χ1v) is 4.09. The molecule has 0 aliphatic heterocycles. The van der Waals surface area contributed by atoms with Crippen LogP contribution in [0.1, 0.15) is 0 Å². The summed E-state index contributed by atoms with van der Waals surface area (Å²) in [7, 11) is 0. The van der Waals surface area contributed by atoms with E-state index < -0.39 is 0 Å². The molecule has 0 bridgehead atoms. The van der Waals surface area contributed by atoms with E-state index in [-0.39, 0.29) is 6.03 Å². The van der Waals surface area contributed by atoms with E-state index in [0.717, 1.165) is 0 Å². The molecular formula is C6H8N4OS. The van der Waals surface area contributed by atoms with E-state index in [9.17, 15) is 4.79 Å². The van der Waals surface area contributed by atoms with Gasteiger partial charge in [0.2, 0.25) is 0 Å². The highest BCUT2D eigenvalue weighted by atomic mass is 32.1. The Hall–Kier alpha value is -1.43. The number of carbonyl (C=O) groups is 1. The standard InChI is InChI=1S/C6H8N4OS/c1-2-3-7-6(11)8-5-4-12-10-9-5/h2,4H,1,3H2,(H2,7,8,11). The monoisotopic (exact) mass is 184 g/mol. The highest BCUT2D eigenvalue weighted by Gasteiger charge is 2.00. The first kappa shape index (κ1) is 8.66. The van der Waals surface area contributed by atoms with Crippen molar-refractivity contribution in [3.05, 3.63) is 18.0 Å². The smallest absolute Gasteiger partial charge is 0.320 e. The van der Waals surface area contributed by atoms with Gasteiger partial charge in [-0.25, -0.2) is 4.79 Å². The molecular weight excluding hydrogens is 176 g/mol. The minimum Gasteiger partial charge on any atom is -0.334 e. The van der Waals surface area contributed by atoms with Crippen molar-refractivity contribution in [3.63, 3.8) is 0 Å². The summed E-state index contributed by atoms with van der Waals surface area (Å²) in [6, 6.07) is -0.303. The molecule has 64 valence electrons. The fourth-order valence-corrected chi connectivity index (χ4v) is 0.933. The van der Waals surface area contributed by atoms with Gasteiger partial charge in [-0.15, -0.1) is 11.7 Å². The zero-order chi connectivity index (χ0) is 8.81. The van der Waals surface area contributed by atoms with E-state index >= 15 is 0 Å². The Morgan fingerprint density at radius 2 is 2.67 bits per heavy atom. The number of carbonyl (C=O) groups excluding carboxylic acids is 1. The van der Waals surface area contributed by atoms with Crippen molar-refractivity contribution in [2.75, 3.05) is 11.9 Å². The number of hydrogen-bond donors (Lipinski definition) is 2. The highest BCUT2D eigenvalue weighted by Crippen LogP contribution is 2.01. The van der Waals surface area contributed by atoms with Crippen LogP contribution < -0.4 is 10.6 Å². The molecule has 2 amide bonds. The lowest BCUT2D eigenvalue weighted by Gasteiger charge is -2.00. The van der Waals surface area contributed by atoms with Gasteiger partial charge in [0.1, 0.15) is 0 Å². The maximum absolute atomic E-state index is 10.9. The van der Waals surface area contributed by atoms with Crippen LogP contribution in [0.25, 0.3) is 0 Å². The van der Waals surface area contributed by atoms with E-state index in [2.05, 4.69) is 26.8 Å². The molecule has 0 aliphatic carbocycles. The second-order valence-corrected chi connectivity index (χ2v) is 2.52. The quantitative estimate of drug-likeness (QED) is 0.684. The molecule has 0 saturated carbocycles. The molecule has 0 spiro atoms. The van der Waals surface area contributed by atoms with Gasteiger partial charge >= 0.3 is 6.03 Å². The van der Waals surface area contributed by atoms with Crippen LogP contribution in [0.2, 0.25) is 0 Å². The van der Waals surface area contributed by atoms with E-state index in [1.165, 1.54) is 11.5 Å². The van der Waals surface area contributed by atoms with Gasteiger partial charge in [0.25, 0.3) is 0 Å². The van der Waals surface area contributed by atoms with Crippen molar-refractivity contribution in [1.29, 1.82) is 0 Å². The third-order valence-electron chi connectivity index (χ3n) is 1.01. The molecule has 0 fully saturated rings. The highest BCUT2D eigenvalue weighted by molar-refractivity contribution is 7.03. The number of amides is 2. The van der Waals surface area contributed by atoms with E-state index in [0.29, 0.717) is 12.4 Å². The lowest BCUT2D eigenvalue weighted by atomic mass is 10.6. The Kier molecular flexibility index (Phi) is 3.21. The molecule has 2 N–H and O–H groups in total. The van der Waals surface area contributed by atoms with Gasteiger partial charge in [-0.05, 0) is 11.5 Å². The maximum Gasteiger partial charge on any atom is 0.320 e. The molecule has 1 rings (SSSR count). The number of rotatable bonds is 3. The molecule has 1 heterocycles. The zero-order valence-corrected chi connectivity index (χ0v) is 7.10. The van der Waals surface area contributed by atoms with E-state index in [1.54, 1.807) is 11.5 Å². The molecule has 0 unspecified atom stereocenters. The maximum atomic E-state index is 10.9. The molecule has 1 aromatic heterocycles. The van der Waals surface area contributed by atoms with Crippen LogP contribution in [-0.2, 0) is 0 Å². The van der Waals surface area contributed by atoms with E-state index in [4.69, 9.17) is 0 Å². The van der Waals surface area contributed by atoms with Gasteiger partial charge in [-0.1, -0.05) is 10.6 Å². The minimum atomic E-state index is -0.303. The van der Waals surface area contributed by atoms with Gasteiger partial charge in [0, 0.05) is 6.54 Å². The molecule has 12 heavy (non-hydrogen) atoms. The Labute approximate surface area is 73.7 Å². The predicted octanol–water partition coefficient (Wildman–Crippen LogP) is 0.846. The van der Waals surface area contributed by atoms with Crippen LogP contribution in [0.15, 0.2) is 18.0 Å². The predicted molar refractivity (Wildman–Crippen MR) is 47.1 cm³/mol. The second kappa shape index (κ2) is 4.45. The number of anilines is 1. The number of nitrogens with zero attached hydrogens (tertiary/aromatic N) is 2. The van der Waals surface area contributed by atoms with Crippen molar-refractivity contribution in [2.24, 2.45) is 0 Å². The fourth-order valence-electron chi connectivity index (χ4n) is 0.544. The number of aromatic nitrogens is 2. The fraction of sp³-hybridized carbons (Fsp3) is 0.167. The minimum absolute atomic E-state index is 0.303. The normalized spacial score (nSPS) is 9.00. The van der Waals surface area contributed by atoms with Crippen molar-refractivity contribution in [3.8, 4) is 0 Å². The van der Waals surface area contributed by atoms with Crippen LogP contribution in [0.5, 0.6) is 0 Å². The topological polar surface area (TPSA) is 66.9 Å². The molecule has 1 aromatic rings. The largest absolute Gasteiger partial charge is 0.334 e. The SMILES string of the molecule is C=CCNC(=O)Nc1csnn1. The molecule has 0 atom stereocenters. The molecule has 0 saturated heterocycles. The molecule has 0 aliphatic rings. The van der Waals surface area contributed by atoms with Crippen molar-refractivity contribution in [1.82, 2.24) is 14.9 Å². The summed E-state index contributed by atoms with van der Waals surface area (Å²) in [5, 5.41) is 10.3. The zero-order valence-electron chi connectivity index (χ0n) is 6.28. The van der Waals surface area contributed by atoms with Crippen LogP contribution in [0, 0.1) is 0 Å². The number of hydrogen-bond acceptors (Lipinski definition) is 4. The molecule has 0 radical (unpaired) electrons. The average molecular weight is 184 g/mol. The van der Waals surface area contributed by atoms with Gasteiger partial charge in [0.05, 0.1) is 5.38 Å². The summed E-state index contributed by atoms with van der Waals surface area (Å²) in [5.74, 6) is 0.460. The van der Waals surface area contributed by atoms with Crippen LogP contribution in [-0.4, -0.2) is 22.2 Å². The summed E-state index contributed by atoms with van der Waals surface area (Å²) in [5.41, 5.74) is 0. The van der Waals surface area contributed by atoms with Crippen molar-refractivity contribution in [2.45, 2.75) is 0 Å². The van der Waals surface area contributed by atoms with Gasteiger partial charge in [-0.3, -0.25) is 5.32 Å². The Morgan fingerprint density at radius 3 is 3.25 bits per heavy atom. The van der Waals surface area contributed by atoms with Crippen LogP contribution in [0.4, 0.5) is 10.6 Å². The third kappa shape index (κ3) is 2.67. The Morgan fingerprint density at radius 1 is 1.83 bits per heavy atom. The van der Waals surface area contributed by atoms with Gasteiger partial charge in [-0.2, -0.15) is 0 Å². The van der Waals surface area contributed by atoms with Gasteiger partial charge < -0.3 is 5.32 Å². The summed E-state index contributed by atoms with van der Waals surface area (Å²) >= 11 is 1.18. The summed E-state index contributed by atoms with van der Waals surface area (Å²) in [6.07, 6.45) is 1.60. The second-order valence-electron chi connectivity index (χ2n) is 1.91. The molecule has 6 heteroatoms. The van der Waals surface area contributed by atoms with Crippen LogP contribution in [0.3, 0.4) is 0 Å². The summed E-state index contributed by atoms with van der Waals surface area (Å²) < 4.78 is 3.58. The number of nitrogens with one attached hydrogen (secondary N) is 2. The lowest BCUT2D eigenvalue weighted by molar-refractivity contribution is 0.253. The first-order valence-electron chi connectivity index (χ1n) is 3.25. The van der Waals surface area contributed by atoms with Gasteiger partial charge in [0.15, 0.2) is 5.82 Å². The molecule has 5 nitrogen and oxygen atoms in total. The Balaban J connectivity index is 2.32. The lowest BCUT2D eigenvalue weighted by Crippen LogP contribution is -2.28. The van der Waals surface area contributed by atoms with Crippen molar-refractivity contribution < 1.29 is 4.79 Å². The first-order chi connectivity index (χ1) is 5.83. The number of urea groups is 1. The molecule has 0 aromatic carbocycles. The average Bonchev–Trinajstić information content (AvgIpc) is 2.53. The summed E-state index contributed by atoms with van der Waals surface area (Å²) in [6.45, 7) is 3.90. The Bertz CT molecular complexity index is 259. The summed E-state index contributed by atoms with van der Waals surface area (Å²) in [4.78, 5) is 10.9.